The highest BCUT2D eigenvalue weighted by Crippen LogP contribution is 2.41. The van der Waals surface area contributed by atoms with E-state index < -0.39 is 0 Å². The van der Waals surface area contributed by atoms with Gasteiger partial charge in [0.2, 0.25) is 5.88 Å². The van der Waals surface area contributed by atoms with Crippen LogP contribution in [0, 0.1) is 11.5 Å². The molecule has 0 fully saturated rings. The molecular formula is C15H12N2O3. The van der Waals surface area contributed by atoms with Crippen LogP contribution in [-0.2, 0) is 6.42 Å². The van der Waals surface area contributed by atoms with E-state index in [0.717, 1.165) is 28.9 Å². The Morgan fingerprint density at radius 1 is 1.35 bits per heavy atom. The Balaban J connectivity index is 2.15. The lowest BCUT2D eigenvalue weighted by Crippen LogP contribution is -1.94. The molecule has 0 unspecified atom stereocenters. The van der Waals surface area contributed by atoms with Gasteiger partial charge in [0.1, 0.15) is 5.75 Å². The van der Waals surface area contributed by atoms with Crippen LogP contribution in [0.15, 0.2) is 30.5 Å². The highest BCUT2D eigenvalue weighted by Gasteiger charge is 2.21. The molecule has 0 bridgehead atoms. The Hall–Kier alpha value is -2.74. The van der Waals surface area contributed by atoms with Crippen molar-refractivity contribution >= 4 is 0 Å². The second-order valence-electron chi connectivity index (χ2n) is 4.30. The van der Waals surface area contributed by atoms with Gasteiger partial charge >= 0.3 is 0 Å². The van der Waals surface area contributed by atoms with Gasteiger partial charge in [0.15, 0.2) is 5.75 Å². The van der Waals surface area contributed by atoms with Gasteiger partial charge in [0.25, 0.3) is 6.26 Å². The molecule has 1 aliphatic heterocycles. The summed E-state index contributed by atoms with van der Waals surface area (Å²) in [4.78, 5) is 4.08. The summed E-state index contributed by atoms with van der Waals surface area (Å²) in [5.41, 5.74) is 2.65. The lowest BCUT2D eigenvalue weighted by atomic mass is 10.0. The van der Waals surface area contributed by atoms with Crippen LogP contribution in [0.2, 0.25) is 0 Å². The lowest BCUT2D eigenvalue weighted by Gasteiger charge is -2.11. The van der Waals surface area contributed by atoms with Gasteiger partial charge in [-0.2, -0.15) is 0 Å². The molecule has 1 aliphatic rings. The Kier molecular flexibility index (Phi) is 3.13. The van der Waals surface area contributed by atoms with Crippen LogP contribution >= 0.6 is 0 Å². The van der Waals surface area contributed by atoms with Crippen molar-refractivity contribution in [2.75, 3.05) is 13.7 Å². The first-order valence-electron chi connectivity index (χ1n) is 6.18. The predicted molar refractivity (Wildman–Crippen MR) is 71.7 cm³/mol. The Morgan fingerprint density at radius 3 is 3.05 bits per heavy atom. The molecule has 3 rings (SSSR count). The van der Waals surface area contributed by atoms with Crippen LogP contribution in [0.5, 0.6) is 17.4 Å². The van der Waals surface area contributed by atoms with E-state index >= 15 is 0 Å². The quantitative estimate of drug-likeness (QED) is 0.800. The van der Waals surface area contributed by atoms with E-state index in [2.05, 4.69) is 4.98 Å². The minimum absolute atomic E-state index is 0.516. The smallest absolute Gasteiger partial charge is 0.292 e. The number of methoxy groups -OCH3 is 1. The molecule has 5 nitrogen and oxygen atoms in total. The number of ether oxygens (including phenoxy) is 3. The first-order valence-corrected chi connectivity index (χ1v) is 6.18. The third kappa shape index (κ3) is 2.01. The van der Waals surface area contributed by atoms with E-state index in [9.17, 15) is 0 Å². The number of aromatic nitrogens is 1. The van der Waals surface area contributed by atoms with Gasteiger partial charge in [-0.15, -0.1) is 5.26 Å². The van der Waals surface area contributed by atoms with Crippen LogP contribution < -0.4 is 14.2 Å². The molecule has 0 atom stereocenters. The molecule has 5 heteroatoms. The summed E-state index contributed by atoms with van der Waals surface area (Å²) in [6.07, 6.45) is 4.15. The summed E-state index contributed by atoms with van der Waals surface area (Å²) in [6.45, 7) is 0.611. The number of nitrogens with zero attached hydrogens (tertiary/aromatic N) is 2. The van der Waals surface area contributed by atoms with Crippen LogP contribution in [0.3, 0.4) is 0 Å². The zero-order valence-corrected chi connectivity index (χ0v) is 10.9. The van der Waals surface area contributed by atoms with Crippen molar-refractivity contribution in [2.24, 2.45) is 0 Å². The molecule has 2 aromatic rings. The molecular weight excluding hydrogens is 256 g/mol. The van der Waals surface area contributed by atoms with Crippen molar-refractivity contribution in [3.8, 4) is 34.8 Å². The molecule has 0 amide bonds. The maximum absolute atomic E-state index is 8.87. The molecule has 1 aromatic heterocycles. The average Bonchev–Trinajstić information content (AvgIpc) is 2.97. The lowest BCUT2D eigenvalue weighted by molar-refractivity contribution is 0.357. The number of hydrogen-bond donors (Lipinski definition) is 0. The van der Waals surface area contributed by atoms with Crippen LogP contribution in [0.4, 0.5) is 0 Å². The summed E-state index contributed by atoms with van der Waals surface area (Å²) < 4.78 is 15.8. The number of rotatable bonds is 3. The SMILES string of the molecule is COc1cc(-c2ccc3c(c2OC#N)CCO3)ccn1. The monoisotopic (exact) mass is 268 g/mol. The molecule has 0 spiro atoms. The fourth-order valence-electron chi connectivity index (χ4n) is 2.32. The molecule has 0 saturated carbocycles. The standard InChI is InChI=1S/C15H12N2O3/c1-18-14-8-10(4-6-17-14)11-2-3-13-12(5-7-19-13)15(11)20-9-16/h2-4,6,8H,5,7H2,1H3. The van der Waals surface area contributed by atoms with Crippen molar-refractivity contribution in [3.05, 3.63) is 36.0 Å². The summed E-state index contributed by atoms with van der Waals surface area (Å²) in [6, 6.07) is 7.44. The topological polar surface area (TPSA) is 64.4 Å². The summed E-state index contributed by atoms with van der Waals surface area (Å²) in [7, 11) is 1.56. The van der Waals surface area contributed by atoms with E-state index in [-0.39, 0.29) is 0 Å². The maximum atomic E-state index is 8.87. The summed E-state index contributed by atoms with van der Waals surface area (Å²) >= 11 is 0. The number of pyridine rings is 1. The summed E-state index contributed by atoms with van der Waals surface area (Å²) in [5.74, 6) is 1.85. The van der Waals surface area contributed by atoms with E-state index in [1.54, 1.807) is 19.6 Å². The number of benzene rings is 1. The van der Waals surface area contributed by atoms with E-state index in [4.69, 9.17) is 19.5 Å². The minimum Gasteiger partial charge on any atom is -0.493 e. The summed E-state index contributed by atoms with van der Waals surface area (Å²) in [5, 5.41) is 8.87. The van der Waals surface area contributed by atoms with Crippen LogP contribution in [-0.4, -0.2) is 18.7 Å². The average molecular weight is 268 g/mol. The molecule has 100 valence electrons. The second-order valence-corrected chi connectivity index (χ2v) is 4.30. The van der Waals surface area contributed by atoms with Crippen LogP contribution in [0.1, 0.15) is 5.56 Å². The third-order valence-electron chi connectivity index (χ3n) is 3.23. The molecule has 2 heterocycles. The van der Waals surface area contributed by atoms with Gasteiger partial charge in [0, 0.05) is 29.8 Å². The first kappa shape index (κ1) is 12.3. The molecule has 1 aromatic carbocycles. The zero-order valence-electron chi connectivity index (χ0n) is 10.9. The maximum Gasteiger partial charge on any atom is 0.292 e. The van der Waals surface area contributed by atoms with Gasteiger partial charge < -0.3 is 14.2 Å². The van der Waals surface area contributed by atoms with Crippen LogP contribution in [0.25, 0.3) is 11.1 Å². The van der Waals surface area contributed by atoms with Crippen molar-refractivity contribution in [2.45, 2.75) is 6.42 Å². The van der Waals surface area contributed by atoms with Crippen molar-refractivity contribution in [1.82, 2.24) is 4.98 Å². The molecule has 20 heavy (non-hydrogen) atoms. The van der Waals surface area contributed by atoms with Crippen molar-refractivity contribution < 1.29 is 14.2 Å². The van der Waals surface area contributed by atoms with E-state index in [1.165, 1.54) is 0 Å². The first-order chi connectivity index (χ1) is 9.83. The van der Waals surface area contributed by atoms with Gasteiger partial charge in [-0.05, 0) is 23.8 Å². The normalized spacial score (nSPS) is 12.2. The molecule has 0 radical (unpaired) electrons. The van der Waals surface area contributed by atoms with Gasteiger partial charge in [-0.3, -0.25) is 0 Å². The number of nitriles is 1. The molecule has 0 N–H and O–H groups in total. The molecule has 0 saturated heterocycles. The minimum atomic E-state index is 0.516. The Morgan fingerprint density at radius 2 is 2.25 bits per heavy atom. The van der Waals surface area contributed by atoms with E-state index in [1.807, 2.05) is 24.3 Å². The van der Waals surface area contributed by atoms with E-state index in [0.29, 0.717) is 18.2 Å². The van der Waals surface area contributed by atoms with Crippen molar-refractivity contribution in [1.29, 1.82) is 5.26 Å². The predicted octanol–water partition coefficient (Wildman–Crippen LogP) is 2.55. The Labute approximate surface area is 116 Å². The fourth-order valence-corrected chi connectivity index (χ4v) is 2.32. The number of hydrogen-bond acceptors (Lipinski definition) is 5. The second kappa shape index (κ2) is 5.10. The van der Waals surface area contributed by atoms with Crippen molar-refractivity contribution in [3.63, 3.8) is 0 Å². The van der Waals surface area contributed by atoms with Gasteiger partial charge in [0.05, 0.1) is 13.7 Å². The zero-order chi connectivity index (χ0) is 13.9. The van der Waals surface area contributed by atoms with Gasteiger partial charge in [-0.1, -0.05) is 0 Å². The largest absolute Gasteiger partial charge is 0.493 e. The van der Waals surface area contributed by atoms with Gasteiger partial charge in [-0.25, -0.2) is 4.98 Å². The number of fused-ring (bicyclic) bond motifs is 1. The highest BCUT2D eigenvalue weighted by molar-refractivity contribution is 5.75. The third-order valence-corrected chi connectivity index (χ3v) is 3.23. The highest BCUT2D eigenvalue weighted by atomic mass is 16.5. The Bertz CT molecular complexity index is 692. The fraction of sp³-hybridized carbons (Fsp3) is 0.200. The molecule has 0 aliphatic carbocycles.